The molecule has 0 rings (SSSR count). The SMILES string of the molecule is CC(C)(C)CC(C)(C)CC(C)(C)NC(N)=S. The molecule has 96 valence electrons. The van der Waals surface area contributed by atoms with Gasteiger partial charge in [0.2, 0.25) is 0 Å². The largest absolute Gasteiger partial charge is 0.376 e. The molecule has 16 heavy (non-hydrogen) atoms. The first-order valence-corrected chi connectivity index (χ1v) is 6.32. The highest BCUT2D eigenvalue weighted by Crippen LogP contribution is 2.38. The van der Waals surface area contributed by atoms with Crippen molar-refractivity contribution in [3.63, 3.8) is 0 Å². The van der Waals surface area contributed by atoms with Gasteiger partial charge in [-0.1, -0.05) is 34.6 Å². The zero-order valence-corrected chi connectivity index (χ0v) is 12.7. The molecule has 3 heteroatoms. The maximum atomic E-state index is 5.54. The lowest BCUT2D eigenvalue weighted by Gasteiger charge is -2.39. The van der Waals surface area contributed by atoms with Crippen molar-refractivity contribution in [1.29, 1.82) is 0 Å². The Kier molecular flexibility index (Phi) is 4.81. The topological polar surface area (TPSA) is 38.0 Å². The molecular formula is C13H28N2S. The molecule has 0 unspecified atom stereocenters. The zero-order valence-electron chi connectivity index (χ0n) is 11.9. The van der Waals surface area contributed by atoms with Gasteiger partial charge in [0.05, 0.1) is 0 Å². The molecule has 0 aromatic heterocycles. The van der Waals surface area contributed by atoms with Crippen LogP contribution >= 0.6 is 12.2 Å². The van der Waals surface area contributed by atoms with Crippen LogP contribution in [0, 0.1) is 10.8 Å². The highest BCUT2D eigenvalue weighted by Gasteiger charge is 2.32. The summed E-state index contributed by atoms with van der Waals surface area (Å²) in [5.74, 6) is 0. The molecule has 0 saturated carbocycles. The average Bonchev–Trinajstić information content (AvgIpc) is 1.69. The van der Waals surface area contributed by atoms with Crippen LogP contribution < -0.4 is 11.1 Å². The van der Waals surface area contributed by atoms with Crippen LogP contribution in [0.25, 0.3) is 0 Å². The Morgan fingerprint density at radius 1 is 1.00 bits per heavy atom. The van der Waals surface area contributed by atoms with Crippen molar-refractivity contribution in [3.8, 4) is 0 Å². The van der Waals surface area contributed by atoms with Crippen LogP contribution in [0.4, 0.5) is 0 Å². The fraction of sp³-hybridized carbons (Fsp3) is 0.923. The van der Waals surface area contributed by atoms with Crippen molar-refractivity contribution >= 4 is 17.3 Å². The van der Waals surface area contributed by atoms with E-state index in [0.29, 0.717) is 10.5 Å². The molecular weight excluding hydrogens is 216 g/mol. The molecule has 3 N–H and O–H groups in total. The van der Waals surface area contributed by atoms with E-state index in [-0.39, 0.29) is 11.0 Å². The molecule has 0 aromatic rings. The first-order valence-electron chi connectivity index (χ1n) is 5.91. The van der Waals surface area contributed by atoms with Gasteiger partial charge in [-0.05, 0) is 49.7 Å². The van der Waals surface area contributed by atoms with E-state index >= 15 is 0 Å². The third kappa shape index (κ3) is 7.91. The van der Waals surface area contributed by atoms with E-state index in [0.717, 1.165) is 6.42 Å². The van der Waals surface area contributed by atoms with Gasteiger partial charge in [-0.2, -0.15) is 0 Å². The minimum Gasteiger partial charge on any atom is -0.376 e. The van der Waals surface area contributed by atoms with Gasteiger partial charge in [0.15, 0.2) is 5.11 Å². The lowest BCUT2D eigenvalue weighted by Crippen LogP contribution is -2.48. The molecule has 0 aliphatic rings. The summed E-state index contributed by atoms with van der Waals surface area (Å²) in [5.41, 5.74) is 6.13. The highest BCUT2D eigenvalue weighted by molar-refractivity contribution is 7.80. The standard InChI is InChI=1S/C13H28N2S/c1-11(2,3)8-12(4,5)9-13(6,7)15-10(14)16/h8-9H2,1-7H3,(H3,14,15,16). The Morgan fingerprint density at radius 2 is 1.44 bits per heavy atom. The van der Waals surface area contributed by atoms with Crippen molar-refractivity contribution in [3.05, 3.63) is 0 Å². The Balaban J connectivity index is 4.51. The normalized spacial score (nSPS) is 13.7. The number of nitrogens with one attached hydrogen (secondary N) is 1. The Hall–Kier alpha value is -0.310. The van der Waals surface area contributed by atoms with Crippen molar-refractivity contribution in [2.75, 3.05) is 0 Å². The molecule has 2 nitrogen and oxygen atoms in total. The maximum Gasteiger partial charge on any atom is 0.164 e. The molecule has 0 saturated heterocycles. The van der Waals surface area contributed by atoms with E-state index in [1.54, 1.807) is 0 Å². The van der Waals surface area contributed by atoms with E-state index in [1.165, 1.54) is 6.42 Å². The molecule has 0 radical (unpaired) electrons. The van der Waals surface area contributed by atoms with Gasteiger partial charge in [0.1, 0.15) is 0 Å². The van der Waals surface area contributed by atoms with Gasteiger partial charge in [-0.15, -0.1) is 0 Å². The van der Waals surface area contributed by atoms with Gasteiger partial charge < -0.3 is 11.1 Å². The number of hydrogen-bond acceptors (Lipinski definition) is 1. The second-order valence-electron chi connectivity index (χ2n) is 7.45. The van der Waals surface area contributed by atoms with Crippen LogP contribution in [-0.4, -0.2) is 10.7 Å². The summed E-state index contributed by atoms with van der Waals surface area (Å²) in [6, 6.07) is 0. The van der Waals surface area contributed by atoms with E-state index in [4.69, 9.17) is 18.0 Å². The molecule has 0 heterocycles. The summed E-state index contributed by atoms with van der Waals surface area (Å²) in [5, 5.41) is 3.56. The maximum absolute atomic E-state index is 5.54. The second-order valence-corrected chi connectivity index (χ2v) is 7.89. The predicted molar refractivity (Wildman–Crippen MR) is 76.5 cm³/mol. The summed E-state index contributed by atoms with van der Waals surface area (Å²) < 4.78 is 0. The number of thiocarbonyl (C=S) groups is 1. The van der Waals surface area contributed by atoms with Gasteiger partial charge in [-0.3, -0.25) is 0 Å². The van der Waals surface area contributed by atoms with Gasteiger partial charge in [-0.25, -0.2) is 0 Å². The zero-order chi connectivity index (χ0) is 13.2. The third-order valence-electron chi connectivity index (χ3n) is 2.39. The molecule has 0 aliphatic carbocycles. The van der Waals surface area contributed by atoms with E-state index < -0.39 is 0 Å². The molecule has 0 fully saturated rings. The lowest BCUT2D eigenvalue weighted by atomic mass is 9.70. The highest BCUT2D eigenvalue weighted by atomic mass is 32.1. The lowest BCUT2D eigenvalue weighted by molar-refractivity contribution is 0.160. The van der Waals surface area contributed by atoms with E-state index in [2.05, 4.69) is 53.8 Å². The van der Waals surface area contributed by atoms with Crippen molar-refractivity contribution in [2.24, 2.45) is 16.6 Å². The fourth-order valence-electron chi connectivity index (χ4n) is 3.07. The first kappa shape index (κ1) is 15.7. The second kappa shape index (κ2) is 4.91. The van der Waals surface area contributed by atoms with Crippen molar-refractivity contribution in [2.45, 2.75) is 66.8 Å². The molecule has 0 aliphatic heterocycles. The number of hydrogen-bond donors (Lipinski definition) is 2. The van der Waals surface area contributed by atoms with E-state index in [9.17, 15) is 0 Å². The molecule has 0 amide bonds. The average molecular weight is 244 g/mol. The van der Waals surface area contributed by atoms with Crippen LogP contribution in [0.5, 0.6) is 0 Å². The smallest absolute Gasteiger partial charge is 0.164 e. The van der Waals surface area contributed by atoms with Gasteiger partial charge >= 0.3 is 0 Å². The van der Waals surface area contributed by atoms with Gasteiger partial charge in [0, 0.05) is 5.54 Å². The first-order chi connectivity index (χ1) is 6.83. The van der Waals surface area contributed by atoms with Crippen molar-refractivity contribution in [1.82, 2.24) is 5.32 Å². The third-order valence-corrected chi connectivity index (χ3v) is 2.49. The quantitative estimate of drug-likeness (QED) is 0.744. The Morgan fingerprint density at radius 3 is 1.75 bits per heavy atom. The van der Waals surface area contributed by atoms with Crippen LogP contribution in [0.1, 0.15) is 61.3 Å². The Labute approximate surface area is 106 Å². The van der Waals surface area contributed by atoms with Crippen LogP contribution in [-0.2, 0) is 0 Å². The van der Waals surface area contributed by atoms with Crippen molar-refractivity contribution < 1.29 is 0 Å². The molecule has 0 bridgehead atoms. The summed E-state index contributed by atoms with van der Waals surface area (Å²) in [6.07, 6.45) is 2.23. The minimum atomic E-state index is -0.0411. The van der Waals surface area contributed by atoms with Crippen LogP contribution in [0.2, 0.25) is 0 Å². The van der Waals surface area contributed by atoms with Crippen LogP contribution in [0.3, 0.4) is 0 Å². The molecule has 0 aromatic carbocycles. The summed E-state index contributed by atoms with van der Waals surface area (Å²) in [4.78, 5) is 0. The Bertz CT molecular complexity index is 249. The fourth-order valence-corrected chi connectivity index (χ4v) is 3.35. The predicted octanol–water partition coefficient (Wildman–Crippen LogP) is 3.45. The summed E-state index contributed by atoms with van der Waals surface area (Å²) >= 11 is 4.91. The summed E-state index contributed by atoms with van der Waals surface area (Å²) in [6.45, 7) is 15.8. The van der Waals surface area contributed by atoms with Gasteiger partial charge in [0.25, 0.3) is 0 Å². The van der Waals surface area contributed by atoms with E-state index in [1.807, 2.05) is 0 Å². The molecule has 0 spiro atoms. The summed E-state index contributed by atoms with van der Waals surface area (Å²) in [7, 11) is 0. The monoisotopic (exact) mass is 244 g/mol. The minimum absolute atomic E-state index is 0.0411. The number of nitrogens with two attached hydrogens (primary N) is 1. The van der Waals surface area contributed by atoms with Crippen LogP contribution in [0.15, 0.2) is 0 Å². The molecule has 0 atom stereocenters. The number of rotatable bonds is 4.